The van der Waals surface area contributed by atoms with E-state index in [1.54, 1.807) is 11.3 Å². The Balaban J connectivity index is 2.09. The monoisotopic (exact) mass is 304 g/mol. The molecule has 20 heavy (non-hydrogen) atoms. The Bertz CT molecular complexity index is 740. The van der Waals surface area contributed by atoms with Gasteiger partial charge in [0.2, 0.25) is 0 Å². The van der Waals surface area contributed by atoms with E-state index >= 15 is 0 Å². The predicted octanol–water partition coefficient (Wildman–Crippen LogP) is 4.81. The van der Waals surface area contributed by atoms with Gasteiger partial charge >= 0.3 is 0 Å². The zero-order chi connectivity index (χ0) is 14.1. The minimum atomic E-state index is 0.624. The minimum Gasteiger partial charge on any atom is -0.456 e. The van der Waals surface area contributed by atoms with Gasteiger partial charge in [0.05, 0.1) is 10.2 Å². The van der Waals surface area contributed by atoms with Crippen molar-refractivity contribution >= 4 is 38.3 Å². The number of hydrogen-bond donors (Lipinski definition) is 0. The van der Waals surface area contributed by atoms with Gasteiger partial charge in [0, 0.05) is 25.2 Å². The zero-order valence-corrected chi connectivity index (χ0v) is 12.7. The van der Waals surface area contributed by atoms with Gasteiger partial charge in [0.15, 0.2) is 5.13 Å². The number of ether oxygens (including phenoxy) is 1. The lowest BCUT2D eigenvalue weighted by Gasteiger charge is -2.06. The number of anilines is 1. The summed E-state index contributed by atoms with van der Waals surface area (Å²) in [7, 11) is 3.94. The molecule has 0 aliphatic heterocycles. The number of nitrogens with zero attached hydrogens (tertiary/aromatic N) is 2. The summed E-state index contributed by atoms with van der Waals surface area (Å²) in [5.41, 5.74) is 0.858. The maximum absolute atomic E-state index is 6.15. The summed E-state index contributed by atoms with van der Waals surface area (Å²) in [6.45, 7) is 0. The number of para-hydroxylation sites is 1. The summed E-state index contributed by atoms with van der Waals surface area (Å²) in [6, 6.07) is 13.4. The van der Waals surface area contributed by atoms with Crippen molar-refractivity contribution in [1.82, 2.24) is 4.98 Å². The summed E-state index contributed by atoms with van der Waals surface area (Å²) < 4.78 is 6.93. The van der Waals surface area contributed by atoms with E-state index in [2.05, 4.69) is 4.98 Å². The van der Waals surface area contributed by atoms with Crippen LogP contribution in [-0.2, 0) is 0 Å². The molecule has 1 aromatic heterocycles. The van der Waals surface area contributed by atoms with Gasteiger partial charge in [-0.1, -0.05) is 41.1 Å². The molecule has 0 radical (unpaired) electrons. The third-order valence-corrected chi connectivity index (χ3v) is 4.23. The van der Waals surface area contributed by atoms with Crippen molar-refractivity contribution in [3.63, 3.8) is 0 Å². The maximum Gasteiger partial charge on any atom is 0.186 e. The fourth-order valence-corrected chi connectivity index (χ4v) is 2.96. The van der Waals surface area contributed by atoms with Crippen molar-refractivity contribution in [3.8, 4) is 11.5 Å². The molecule has 0 aliphatic rings. The van der Waals surface area contributed by atoms with E-state index in [9.17, 15) is 0 Å². The second-order valence-electron chi connectivity index (χ2n) is 4.56. The van der Waals surface area contributed by atoms with Gasteiger partial charge in [-0.2, -0.15) is 0 Å². The van der Waals surface area contributed by atoms with Crippen LogP contribution in [0.5, 0.6) is 11.5 Å². The average Bonchev–Trinajstić information content (AvgIpc) is 2.84. The molecule has 0 N–H and O–H groups in total. The lowest BCUT2D eigenvalue weighted by molar-refractivity contribution is 0.489. The predicted molar refractivity (Wildman–Crippen MR) is 85.5 cm³/mol. The molecule has 5 heteroatoms. The molecule has 1 heterocycles. The molecular formula is C15H13ClN2OS. The Morgan fingerprint density at radius 2 is 1.90 bits per heavy atom. The molecule has 0 spiro atoms. The number of fused-ring (bicyclic) bond motifs is 1. The second-order valence-corrected chi connectivity index (χ2v) is 5.97. The van der Waals surface area contributed by atoms with Crippen LogP contribution in [0.25, 0.3) is 10.2 Å². The van der Waals surface area contributed by atoms with Crippen LogP contribution in [0.2, 0.25) is 5.02 Å². The van der Waals surface area contributed by atoms with E-state index in [-0.39, 0.29) is 0 Å². The first-order valence-corrected chi connectivity index (χ1v) is 7.33. The first-order chi connectivity index (χ1) is 9.63. The van der Waals surface area contributed by atoms with Gasteiger partial charge < -0.3 is 9.64 Å². The standard InChI is InChI=1S/C15H13ClN2OS/c1-18(2)15-17-12-8-10(16)9-13(14(12)20-15)19-11-6-4-3-5-7-11/h3-9H,1-2H3. The van der Waals surface area contributed by atoms with Gasteiger partial charge in [-0.05, 0) is 18.2 Å². The van der Waals surface area contributed by atoms with Gasteiger partial charge in [-0.25, -0.2) is 4.98 Å². The highest BCUT2D eigenvalue weighted by Gasteiger charge is 2.12. The molecule has 0 unspecified atom stereocenters. The third kappa shape index (κ3) is 2.57. The van der Waals surface area contributed by atoms with E-state index < -0.39 is 0 Å². The number of rotatable bonds is 3. The largest absolute Gasteiger partial charge is 0.456 e. The van der Waals surface area contributed by atoms with Crippen molar-refractivity contribution in [2.75, 3.05) is 19.0 Å². The molecule has 0 bridgehead atoms. The number of thiazole rings is 1. The smallest absolute Gasteiger partial charge is 0.186 e. The molecule has 3 aromatic rings. The number of aromatic nitrogens is 1. The summed E-state index contributed by atoms with van der Waals surface area (Å²) in [5.74, 6) is 1.53. The van der Waals surface area contributed by atoms with Crippen LogP contribution < -0.4 is 9.64 Å². The maximum atomic E-state index is 6.15. The summed E-state index contributed by atoms with van der Waals surface area (Å²) in [4.78, 5) is 6.53. The lowest BCUT2D eigenvalue weighted by atomic mass is 10.3. The third-order valence-electron chi connectivity index (χ3n) is 2.76. The molecule has 3 rings (SSSR count). The van der Waals surface area contributed by atoms with E-state index in [1.165, 1.54) is 0 Å². The van der Waals surface area contributed by atoms with Crippen LogP contribution >= 0.6 is 22.9 Å². The second kappa shape index (κ2) is 5.31. The van der Waals surface area contributed by atoms with Crippen LogP contribution in [0.4, 0.5) is 5.13 Å². The highest BCUT2D eigenvalue weighted by Crippen LogP contribution is 2.39. The van der Waals surface area contributed by atoms with Crippen molar-refractivity contribution in [1.29, 1.82) is 0 Å². The quantitative estimate of drug-likeness (QED) is 0.694. The van der Waals surface area contributed by atoms with Gasteiger partial charge in [-0.15, -0.1) is 0 Å². The molecular weight excluding hydrogens is 292 g/mol. The molecule has 0 atom stereocenters. The molecule has 0 fully saturated rings. The highest BCUT2D eigenvalue weighted by molar-refractivity contribution is 7.22. The average molecular weight is 305 g/mol. The Labute approximate surface area is 126 Å². The normalized spacial score (nSPS) is 10.8. The van der Waals surface area contributed by atoms with Gasteiger partial charge in [-0.3, -0.25) is 0 Å². The first-order valence-electron chi connectivity index (χ1n) is 6.14. The Morgan fingerprint density at radius 1 is 1.15 bits per heavy atom. The van der Waals surface area contributed by atoms with E-state index in [4.69, 9.17) is 16.3 Å². The van der Waals surface area contributed by atoms with Crippen LogP contribution in [0.15, 0.2) is 42.5 Å². The fraction of sp³-hybridized carbons (Fsp3) is 0.133. The first kappa shape index (κ1) is 13.2. The number of benzene rings is 2. The lowest BCUT2D eigenvalue weighted by Crippen LogP contribution is -2.07. The summed E-state index contributed by atoms with van der Waals surface area (Å²) in [6.07, 6.45) is 0. The summed E-state index contributed by atoms with van der Waals surface area (Å²) >= 11 is 7.74. The van der Waals surface area contributed by atoms with Crippen LogP contribution in [-0.4, -0.2) is 19.1 Å². The van der Waals surface area contributed by atoms with Crippen LogP contribution in [0.1, 0.15) is 0 Å². The van der Waals surface area contributed by atoms with Crippen LogP contribution in [0.3, 0.4) is 0 Å². The molecule has 0 saturated carbocycles. The van der Waals surface area contributed by atoms with E-state index in [0.29, 0.717) is 5.02 Å². The minimum absolute atomic E-state index is 0.624. The number of hydrogen-bond acceptors (Lipinski definition) is 4. The zero-order valence-electron chi connectivity index (χ0n) is 11.1. The molecule has 3 nitrogen and oxygen atoms in total. The Kier molecular flexibility index (Phi) is 3.51. The van der Waals surface area contributed by atoms with E-state index in [0.717, 1.165) is 26.8 Å². The molecule has 0 aliphatic carbocycles. The molecule has 0 amide bonds. The van der Waals surface area contributed by atoms with Gasteiger partial charge in [0.1, 0.15) is 11.5 Å². The fourth-order valence-electron chi connectivity index (χ4n) is 1.84. The van der Waals surface area contributed by atoms with E-state index in [1.807, 2.05) is 61.5 Å². The molecule has 102 valence electrons. The molecule has 0 saturated heterocycles. The Hall–Kier alpha value is -1.78. The highest BCUT2D eigenvalue weighted by atomic mass is 35.5. The van der Waals surface area contributed by atoms with Crippen molar-refractivity contribution < 1.29 is 4.74 Å². The van der Waals surface area contributed by atoms with Crippen molar-refractivity contribution in [3.05, 3.63) is 47.5 Å². The topological polar surface area (TPSA) is 25.4 Å². The number of halogens is 1. The van der Waals surface area contributed by atoms with Crippen LogP contribution in [0, 0.1) is 0 Å². The SMILES string of the molecule is CN(C)c1nc2cc(Cl)cc(Oc3ccccc3)c2s1. The molecule has 2 aromatic carbocycles. The van der Waals surface area contributed by atoms with Crippen molar-refractivity contribution in [2.24, 2.45) is 0 Å². The van der Waals surface area contributed by atoms with Gasteiger partial charge in [0.25, 0.3) is 0 Å². The van der Waals surface area contributed by atoms with Crippen molar-refractivity contribution in [2.45, 2.75) is 0 Å². The summed E-state index contributed by atoms with van der Waals surface area (Å²) in [5, 5.41) is 1.55. The Morgan fingerprint density at radius 3 is 2.60 bits per heavy atom.